The second-order valence-corrected chi connectivity index (χ2v) is 8.92. The van der Waals surface area contributed by atoms with E-state index >= 15 is 0 Å². The molecule has 2 N–H and O–H groups in total. The van der Waals surface area contributed by atoms with Gasteiger partial charge in [0.15, 0.2) is 0 Å². The van der Waals surface area contributed by atoms with E-state index in [0.717, 1.165) is 35.4 Å². The first-order valence-corrected chi connectivity index (χ1v) is 11.9. The molecule has 3 aliphatic rings. The first-order chi connectivity index (χ1) is 16.5. The minimum Gasteiger partial charge on any atom is -0.450 e. The number of carbonyl (C=O) groups is 2. The van der Waals surface area contributed by atoms with Gasteiger partial charge in [0.25, 0.3) is 0 Å². The van der Waals surface area contributed by atoms with Gasteiger partial charge in [0.2, 0.25) is 5.95 Å². The average molecular weight is 467 g/mol. The molecule has 3 heterocycles. The summed E-state index contributed by atoms with van der Waals surface area (Å²) in [4.78, 5) is 38.1. The Morgan fingerprint density at radius 3 is 2.68 bits per heavy atom. The number of morpholine rings is 1. The number of amides is 3. The number of fused-ring (bicyclic) bond motifs is 1. The van der Waals surface area contributed by atoms with Crippen molar-refractivity contribution in [2.24, 2.45) is 0 Å². The number of hydrogen-bond acceptors (Lipinski definition) is 7. The fourth-order valence-corrected chi connectivity index (χ4v) is 4.27. The number of nitrogens with one attached hydrogen (secondary N) is 2. The van der Waals surface area contributed by atoms with E-state index in [0.29, 0.717) is 57.1 Å². The lowest BCUT2D eigenvalue weighted by Crippen LogP contribution is -2.44. The quantitative estimate of drug-likeness (QED) is 0.697. The zero-order chi connectivity index (χ0) is 23.7. The SMILES string of the molecule is CCOC(=O)N1Cc2nc(N3CCOCC3C)nc(-c3ccc(NC(=O)NC4CC4)cc3)c2C1. The van der Waals surface area contributed by atoms with Gasteiger partial charge >= 0.3 is 12.1 Å². The van der Waals surface area contributed by atoms with Crippen molar-refractivity contribution >= 4 is 23.8 Å². The Hall–Kier alpha value is -3.40. The molecule has 1 saturated carbocycles. The Kier molecular flexibility index (Phi) is 6.23. The molecule has 2 aliphatic heterocycles. The van der Waals surface area contributed by atoms with Gasteiger partial charge in [-0.25, -0.2) is 19.6 Å². The summed E-state index contributed by atoms with van der Waals surface area (Å²) in [6.45, 7) is 6.94. The molecule has 3 amide bonds. The summed E-state index contributed by atoms with van der Waals surface area (Å²) in [7, 11) is 0. The van der Waals surface area contributed by atoms with Gasteiger partial charge in [-0.1, -0.05) is 12.1 Å². The summed E-state index contributed by atoms with van der Waals surface area (Å²) < 4.78 is 10.8. The van der Waals surface area contributed by atoms with Gasteiger partial charge in [0.1, 0.15) is 0 Å². The first-order valence-electron chi connectivity index (χ1n) is 11.9. The van der Waals surface area contributed by atoms with Crippen molar-refractivity contribution in [1.82, 2.24) is 20.2 Å². The summed E-state index contributed by atoms with van der Waals surface area (Å²) in [6, 6.07) is 7.87. The lowest BCUT2D eigenvalue weighted by Gasteiger charge is -2.33. The molecular formula is C24H30N6O4. The molecule has 5 rings (SSSR count). The number of benzene rings is 1. The smallest absolute Gasteiger partial charge is 0.410 e. The second-order valence-electron chi connectivity index (χ2n) is 8.92. The van der Waals surface area contributed by atoms with Crippen molar-refractivity contribution in [1.29, 1.82) is 0 Å². The number of hydrogen-bond donors (Lipinski definition) is 2. The van der Waals surface area contributed by atoms with Crippen molar-refractivity contribution in [3.05, 3.63) is 35.5 Å². The lowest BCUT2D eigenvalue weighted by atomic mass is 10.1. The van der Waals surface area contributed by atoms with Crippen LogP contribution in [0.2, 0.25) is 0 Å². The lowest BCUT2D eigenvalue weighted by molar-refractivity contribution is 0.0980. The number of aromatic nitrogens is 2. The predicted molar refractivity (Wildman–Crippen MR) is 127 cm³/mol. The van der Waals surface area contributed by atoms with Crippen LogP contribution in [0.3, 0.4) is 0 Å². The van der Waals surface area contributed by atoms with Crippen LogP contribution < -0.4 is 15.5 Å². The van der Waals surface area contributed by atoms with Crippen LogP contribution >= 0.6 is 0 Å². The molecule has 1 saturated heterocycles. The number of carbonyl (C=O) groups excluding carboxylic acids is 2. The standard InChI is InChI=1S/C24H30N6O4/c1-3-34-24(32)29-12-19-20(13-29)27-22(30-10-11-33-14-15(30)2)28-21(19)16-4-6-17(7-5-16)25-23(31)26-18-8-9-18/h4-7,15,18H,3,8-14H2,1-2H3,(H2,25,26,31). The molecule has 0 radical (unpaired) electrons. The van der Waals surface area contributed by atoms with E-state index in [-0.39, 0.29) is 18.2 Å². The normalized spacial score (nSPS) is 19.5. The Bertz CT molecular complexity index is 1070. The average Bonchev–Trinajstić information content (AvgIpc) is 3.53. The summed E-state index contributed by atoms with van der Waals surface area (Å²) in [5, 5.41) is 5.80. The monoisotopic (exact) mass is 466 g/mol. The first kappa shape index (κ1) is 22.4. The molecule has 34 heavy (non-hydrogen) atoms. The van der Waals surface area contributed by atoms with Crippen LogP contribution in [0.5, 0.6) is 0 Å². The third-order valence-electron chi connectivity index (χ3n) is 6.25. The van der Waals surface area contributed by atoms with E-state index in [1.807, 2.05) is 24.3 Å². The van der Waals surface area contributed by atoms with E-state index in [2.05, 4.69) is 22.5 Å². The number of nitrogens with zero attached hydrogens (tertiary/aromatic N) is 4. The van der Waals surface area contributed by atoms with Crippen LogP contribution in [0.15, 0.2) is 24.3 Å². The summed E-state index contributed by atoms with van der Waals surface area (Å²) >= 11 is 0. The van der Waals surface area contributed by atoms with Crippen molar-refractivity contribution < 1.29 is 19.1 Å². The third-order valence-corrected chi connectivity index (χ3v) is 6.25. The van der Waals surface area contributed by atoms with Crippen molar-refractivity contribution in [2.45, 2.75) is 51.9 Å². The van der Waals surface area contributed by atoms with Gasteiger partial charge in [0.05, 0.1) is 50.3 Å². The van der Waals surface area contributed by atoms with Crippen LogP contribution in [0.25, 0.3) is 11.3 Å². The van der Waals surface area contributed by atoms with Gasteiger partial charge in [-0.3, -0.25) is 4.90 Å². The van der Waals surface area contributed by atoms with Crippen molar-refractivity contribution in [3.63, 3.8) is 0 Å². The van der Waals surface area contributed by atoms with E-state index < -0.39 is 0 Å². The van der Waals surface area contributed by atoms with Crippen molar-refractivity contribution in [2.75, 3.05) is 36.6 Å². The fourth-order valence-electron chi connectivity index (χ4n) is 4.27. The van der Waals surface area contributed by atoms with Gasteiger partial charge < -0.3 is 25.0 Å². The van der Waals surface area contributed by atoms with Crippen LogP contribution in [-0.4, -0.2) is 65.4 Å². The number of urea groups is 1. The van der Waals surface area contributed by atoms with Crippen molar-refractivity contribution in [3.8, 4) is 11.3 Å². The van der Waals surface area contributed by atoms with Gasteiger partial charge in [-0.15, -0.1) is 0 Å². The van der Waals surface area contributed by atoms with E-state index in [1.165, 1.54) is 0 Å². The number of ether oxygens (including phenoxy) is 2. The molecule has 0 spiro atoms. The van der Waals surface area contributed by atoms with Crippen LogP contribution in [0, 0.1) is 0 Å². The Morgan fingerprint density at radius 2 is 1.97 bits per heavy atom. The minimum absolute atomic E-state index is 0.152. The summed E-state index contributed by atoms with van der Waals surface area (Å²) in [5.74, 6) is 0.640. The zero-order valence-electron chi connectivity index (χ0n) is 19.5. The number of anilines is 2. The molecule has 2 fully saturated rings. The molecule has 10 heteroatoms. The van der Waals surface area contributed by atoms with E-state index in [9.17, 15) is 9.59 Å². The Balaban J connectivity index is 1.44. The van der Waals surface area contributed by atoms with E-state index in [4.69, 9.17) is 19.4 Å². The molecule has 10 nitrogen and oxygen atoms in total. The topological polar surface area (TPSA) is 109 Å². The molecule has 1 aliphatic carbocycles. The maximum atomic E-state index is 12.4. The summed E-state index contributed by atoms with van der Waals surface area (Å²) in [6.07, 6.45) is 1.73. The molecular weight excluding hydrogens is 436 g/mol. The highest BCUT2D eigenvalue weighted by molar-refractivity contribution is 5.90. The molecule has 2 aromatic rings. The highest BCUT2D eigenvalue weighted by atomic mass is 16.6. The van der Waals surface area contributed by atoms with Gasteiger partial charge in [0, 0.05) is 29.4 Å². The van der Waals surface area contributed by atoms with Gasteiger partial charge in [-0.05, 0) is 38.8 Å². The van der Waals surface area contributed by atoms with Crippen LogP contribution in [0.1, 0.15) is 37.9 Å². The van der Waals surface area contributed by atoms with Crippen LogP contribution in [-0.2, 0) is 22.6 Å². The molecule has 1 aromatic carbocycles. The largest absolute Gasteiger partial charge is 0.450 e. The molecule has 0 bridgehead atoms. The highest BCUT2D eigenvalue weighted by Crippen LogP contribution is 2.34. The summed E-state index contributed by atoms with van der Waals surface area (Å²) in [5.41, 5.74) is 4.16. The third kappa shape index (κ3) is 4.77. The Morgan fingerprint density at radius 1 is 1.18 bits per heavy atom. The minimum atomic E-state index is -0.353. The maximum Gasteiger partial charge on any atom is 0.410 e. The zero-order valence-corrected chi connectivity index (χ0v) is 19.5. The predicted octanol–water partition coefficient (Wildman–Crippen LogP) is 3.12. The van der Waals surface area contributed by atoms with Gasteiger partial charge in [-0.2, -0.15) is 0 Å². The Labute approximate surface area is 198 Å². The second kappa shape index (κ2) is 9.46. The maximum absolute atomic E-state index is 12.4. The van der Waals surface area contributed by atoms with E-state index in [1.54, 1.807) is 11.8 Å². The molecule has 1 atom stereocenters. The number of rotatable bonds is 5. The van der Waals surface area contributed by atoms with Crippen LogP contribution in [0.4, 0.5) is 21.2 Å². The highest BCUT2D eigenvalue weighted by Gasteiger charge is 2.32. The molecule has 1 unspecified atom stereocenters. The molecule has 1 aromatic heterocycles. The fraction of sp³-hybridized carbons (Fsp3) is 0.500. The molecule has 180 valence electrons.